The number of nitrogens with zero attached hydrogens (tertiary/aromatic N) is 1. The van der Waals surface area contributed by atoms with E-state index in [2.05, 4.69) is 22.4 Å². The molecule has 0 aliphatic rings. The van der Waals surface area contributed by atoms with Crippen molar-refractivity contribution in [3.63, 3.8) is 0 Å². The Hall–Kier alpha value is -3.14. The molecule has 0 bridgehead atoms. The number of carbonyl (C=O) groups is 1. The largest absolute Gasteiger partial charge is 0.497 e. The molecule has 1 N–H and O–H groups in total. The summed E-state index contributed by atoms with van der Waals surface area (Å²) >= 11 is 0. The van der Waals surface area contributed by atoms with E-state index in [1.807, 2.05) is 67.6 Å². The van der Waals surface area contributed by atoms with Gasteiger partial charge in [0.15, 0.2) is 0 Å². The molecule has 0 aliphatic heterocycles. The molecule has 0 spiro atoms. The van der Waals surface area contributed by atoms with Crippen LogP contribution in [0.2, 0.25) is 0 Å². The van der Waals surface area contributed by atoms with Crippen molar-refractivity contribution >= 4 is 5.91 Å². The fourth-order valence-corrected chi connectivity index (χ4v) is 3.09. The minimum absolute atomic E-state index is 0.00276. The maximum atomic E-state index is 12.6. The first-order chi connectivity index (χ1) is 13.2. The zero-order valence-corrected chi connectivity index (χ0v) is 15.7. The first-order valence-electron chi connectivity index (χ1n) is 9.04. The van der Waals surface area contributed by atoms with Gasteiger partial charge in [-0.1, -0.05) is 48.5 Å². The van der Waals surface area contributed by atoms with Crippen LogP contribution in [0, 0.1) is 6.92 Å². The highest BCUT2D eigenvalue weighted by Gasteiger charge is 2.18. The summed E-state index contributed by atoms with van der Waals surface area (Å²) in [6.07, 6.45) is 0.377. The zero-order chi connectivity index (χ0) is 19.1. The normalized spacial score (nSPS) is 11.6. The highest BCUT2D eigenvalue weighted by Crippen LogP contribution is 2.29. The zero-order valence-electron chi connectivity index (χ0n) is 15.7. The number of aromatic nitrogens is 1. The Morgan fingerprint density at radius 3 is 2.33 bits per heavy atom. The molecule has 27 heavy (non-hydrogen) atoms. The molecule has 4 heteroatoms. The Balaban J connectivity index is 1.73. The van der Waals surface area contributed by atoms with Crippen molar-refractivity contribution in [2.24, 2.45) is 0 Å². The number of rotatable bonds is 7. The van der Waals surface area contributed by atoms with Crippen molar-refractivity contribution in [2.75, 3.05) is 7.11 Å². The molecule has 0 saturated heterocycles. The molecule has 4 nitrogen and oxygen atoms in total. The fraction of sp³-hybridized carbons (Fsp3) is 0.217. The third kappa shape index (κ3) is 5.17. The van der Waals surface area contributed by atoms with Gasteiger partial charge in [0.2, 0.25) is 5.91 Å². The van der Waals surface area contributed by atoms with Gasteiger partial charge in [-0.15, -0.1) is 0 Å². The predicted molar refractivity (Wildman–Crippen MR) is 107 cm³/mol. The molecule has 1 atom stereocenters. The van der Waals surface area contributed by atoms with Crippen molar-refractivity contribution in [3.8, 4) is 5.75 Å². The van der Waals surface area contributed by atoms with Gasteiger partial charge in [0.05, 0.1) is 19.3 Å². The Morgan fingerprint density at radius 2 is 1.67 bits per heavy atom. The molecule has 1 aromatic heterocycles. The van der Waals surface area contributed by atoms with Gasteiger partial charge in [-0.3, -0.25) is 9.78 Å². The number of methoxy groups -OCH3 is 1. The van der Waals surface area contributed by atoms with E-state index in [0.717, 1.165) is 28.3 Å². The number of carbonyl (C=O) groups excluding carboxylic acids is 1. The van der Waals surface area contributed by atoms with Crippen LogP contribution in [0.5, 0.6) is 5.75 Å². The van der Waals surface area contributed by atoms with Crippen LogP contribution < -0.4 is 10.1 Å². The SMILES string of the molecule is COc1ccc([C@H](CC(=O)NCc2cccc(C)n2)c2ccccc2)cc1. The number of amides is 1. The smallest absolute Gasteiger partial charge is 0.221 e. The Labute approximate surface area is 160 Å². The summed E-state index contributed by atoms with van der Waals surface area (Å²) in [6, 6.07) is 23.8. The van der Waals surface area contributed by atoms with Gasteiger partial charge >= 0.3 is 0 Å². The van der Waals surface area contributed by atoms with Crippen LogP contribution in [0.25, 0.3) is 0 Å². The number of benzene rings is 2. The highest BCUT2D eigenvalue weighted by atomic mass is 16.5. The van der Waals surface area contributed by atoms with Gasteiger partial charge in [-0.25, -0.2) is 0 Å². The van der Waals surface area contributed by atoms with Gasteiger partial charge in [0, 0.05) is 18.0 Å². The molecule has 138 valence electrons. The average molecular weight is 360 g/mol. The molecule has 1 amide bonds. The second-order valence-corrected chi connectivity index (χ2v) is 6.49. The van der Waals surface area contributed by atoms with E-state index in [0.29, 0.717) is 13.0 Å². The quantitative estimate of drug-likeness (QED) is 0.686. The molecule has 0 aliphatic carbocycles. The number of ether oxygens (including phenoxy) is 1. The van der Waals surface area contributed by atoms with Gasteiger partial charge in [0.25, 0.3) is 0 Å². The van der Waals surface area contributed by atoms with Gasteiger partial charge in [-0.2, -0.15) is 0 Å². The lowest BCUT2D eigenvalue weighted by molar-refractivity contribution is -0.121. The molecule has 0 saturated carbocycles. The first kappa shape index (κ1) is 18.6. The molecule has 1 heterocycles. The number of aryl methyl sites for hydroxylation is 1. The van der Waals surface area contributed by atoms with E-state index in [1.54, 1.807) is 7.11 Å². The Morgan fingerprint density at radius 1 is 0.963 bits per heavy atom. The van der Waals surface area contributed by atoms with Crippen molar-refractivity contribution in [1.29, 1.82) is 0 Å². The average Bonchev–Trinajstić information content (AvgIpc) is 2.71. The topological polar surface area (TPSA) is 51.2 Å². The third-order valence-corrected chi connectivity index (χ3v) is 4.52. The number of hydrogen-bond donors (Lipinski definition) is 1. The Bertz CT molecular complexity index is 876. The summed E-state index contributed by atoms with van der Waals surface area (Å²) in [5.74, 6) is 0.797. The Kier molecular flexibility index (Phi) is 6.21. The number of pyridine rings is 1. The van der Waals surface area contributed by atoms with Crippen LogP contribution in [0.4, 0.5) is 0 Å². The van der Waals surface area contributed by atoms with E-state index in [-0.39, 0.29) is 11.8 Å². The molecule has 0 fully saturated rings. The molecular formula is C23H24N2O2. The van der Waals surface area contributed by atoms with Crippen LogP contribution >= 0.6 is 0 Å². The second kappa shape index (κ2) is 8.99. The minimum atomic E-state index is -0.0115. The van der Waals surface area contributed by atoms with Crippen molar-refractivity contribution in [2.45, 2.75) is 25.8 Å². The predicted octanol–water partition coefficient (Wildman–Crippen LogP) is 4.24. The molecule has 2 aromatic carbocycles. The van der Waals surface area contributed by atoms with E-state index < -0.39 is 0 Å². The van der Waals surface area contributed by atoms with Crippen LogP contribution in [0.15, 0.2) is 72.8 Å². The van der Waals surface area contributed by atoms with Crippen molar-refractivity contribution < 1.29 is 9.53 Å². The van der Waals surface area contributed by atoms with Crippen LogP contribution in [-0.4, -0.2) is 18.0 Å². The van der Waals surface area contributed by atoms with Gasteiger partial charge < -0.3 is 10.1 Å². The van der Waals surface area contributed by atoms with Gasteiger partial charge in [0.1, 0.15) is 5.75 Å². The monoisotopic (exact) mass is 360 g/mol. The van der Waals surface area contributed by atoms with Crippen LogP contribution in [0.1, 0.15) is 34.9 Å². The van der Waals surface area contributed by atoms with E-state index in [1.165, 1.54) is 0 Å². The van der Waals surface area contributed by atoms with E-state index >= 15 is 0 Å². The summed E-state index contributed by atoms with van der Waals surface area (Å²) in [6.45, 7) is 2.38. The lowest BCUT2D eigenvalue weighted by Gasteiger charge is -2.18. The fourth-order valence-electron chi connectivity index (χ4n) is 3.09. The summed E-state index contributed by atoms with van der Waals surface area (Å²) in [5.41, 5.74) is 4.02. The lowest BCUT2D eigenvalue weighted by atomic mass is 9.88. The van der Waals surface area contributed by atoms with E-state index in [9.17, 15) is 4.79 Å². The third-order valence-electron chi connectivity index (χ3n) is 4.52. The molecular weight excluding hydrogens is 336 g/mol. The maximum Gasteiger partial charge on any atom is 0.221 e. The van der Waals surface area contributed by atoms with Crippen molar-refractivity contribution in [1.82, 2.24) is 10.3 Å². The van der Waals surface area contributed by atoms with Gasteiger partial charge in [-0.05, 0) is 42.3 Å². The molecule has 0 unspecified atom stereocenters. The summed E-state index contributed by atoms with van der Waals surface area (Å²) in [7, 11) is 1.65. The number of nitrogens with one attached hydrogen (secondary N) is 1. The summed E-state index contributed by atoms with van der Waals surface area (Å²) < 4.78 is 5.25. The standard InChI is InChI=1S/C23H24N2O2/c1-17-7-6-10-20(25-17)16-24-23(26)15-22(18-8-4-3-5-9-18)19-11-13-21(27-2)14-12-19/h3-14,22H,15-16H2,1-2H3,(H,24,26)/t22-/m1/s1. The molecule has 0 radical (unpaired) electrons. The second-order valence-electron chi connectivity index (χ2n) is 6.49. The first-order valence-corrected chi connectivity index (χ1v) is 9.04. The van der Waals surface area contributed by atoms with E-state index in [4.69, 9.17) is 4.74 Å². The number of hydrogen-bond acceptors (Lipinski definition) is 3. The molecule has 3 aromatic rings. The van der Waals surface area contributed by atoms with Crippen LogP contribution in [-0.2, 0) is 11.3 Å². The minimum Gasteiger partial charge on any atom is -0.497 e. The highest BCUT2D eigenvalue weighted by molar-refractivity contribution is 5.77. The lowest BCUT2D eigenvalue weighted by Crippen LogP contribution is -2.25. The van der Waals surface area contributed by atoms with Crippen LogP contribution in [0.3, 0.4) is 0 Å². The molecule has 3 rings (SSSR count). The summed E-state index contributed by atoms with van der Waals surface area (Å²) in [4.78, 5) is 17.0. The maximum absolute atomic E-state index is 12.6. The van der Waals surface area contributed by atoms with Crippen molar-refractivity contribution in [3.05, 3.63) is 95.3 Å². The summed E-state index contributed by atoms with van der Waals surface area (Å²) in [5, 5.41) is 2.99.